The summed E-state index contributed by atoms with van der Waals surface area (Å²) in [5.74, 6) is -2.99. The summed E-state index contributed by atoms with van der Waals surface area (Å²) in [5, 5.41) is 18.6. The van der Waals surface area contributed by atoms with Crippen molar-refractivity contribution in [3.8, 4) is 0 Å². The third kappa shape index (κ3) is 6.39. The Morgan fingerprint density at radius 2 is 1.81 bits per heavy atom. The highest BCUT2D eigenvalue weighted by Gasteiger charge is 2.25. The minimum absolute atomic E-state index is 0.487. The van der Waals surface area contributed by atoms with Crippen molar-refractivity contribution in [1.29, 1.82) is 0 Å². The lowest BCUT2D eigenvalue weighted by molar-refractivity contribution is -0.145. The molecule has 7 nitrogen and oxygen atoms in total. The van der Waals surface area contributed by atoms with Crippen LogP contribution < -0.4 is 4.72 Å². The first kappa shape index (κ1) is 17.2. The Hall–Kier alpha value is -1.90. The maximum atomic E-state index is 11.7. The molecule has 0 bridgehead atoms. The Kier molecular flexibility index (Phi) is 5.89. The summed E-state index contributed by atoms with van der Waals surface area (Å²) in [6.07, 6.45) is 0.377. The second-order valence-electron chi connectivity index (χ2n) is 4.01. The van der Waals surface area contributed by atoms with Crippen molar-refractivity contribution in [2.45, 2.75) is 12.5 Å². The quantitative estimate of drug-likeness (QED) is 0.688. The molecule has 114 valence electrons. The van der Waals surface area contributed by atoms with Crippen molar-refractivity contribution in [2.24, 2.45) is 0 Å². The number of benzene rings is 1. The van der Waals surface area contributed by atoms with Crippen LogP contribution in [0.2, 0.25) is 5.02 Å². The normalized spacial score (nSPS) is 13.2. The Balaban J connectivity index is 2.82. The Morgan fingerprint density at radius 3 is 2.29 bits per heavy atom. The molecule has 0 aromatic heterocycles. The fraction of sp³-hybridized carbons (Fsp3) is 0.167. The van der Waals surface area contributed by atoms with Crippen molar-refractivity contribution in [2.75, 3.05) is 0 Å². The summed E-state index contributed by atoms with van der Waals surface area (Å²) in [6.45, 7) is 0. The van der Waals surface area contributed by atoms with Crippen molar-refractivity contribution in [3.05, 3.63) is 40.3 Å². The number of halogens is 1. The van der Waals surface area contributed by atoms with Crippen molar-refractivity contribution < 1.29 is 28.2 Å². The van der Waals surface area contributed by atoms with E-state index in [9.17, 15) is 18.0 Å². The maximum Gasteiger partial charge on any atom is 0.322 e. The van der Waals surface area contributed by atoms with E-state index in [4.69, 9.17) is 21.8 Å². The molecule has 0 spiro atoms. The molecule has 0 fully saturated rings. The van der Waals surface area contributed by atoms with Crippen LogP contribution >= 0.6 is 11.6 Å². The van der Waals surface area contributed by atoms with Gasteiger partial charge in [-0.3, -0.25) is 9.59 Å². The van der Waals surface area contributed by atoms with Gasteiger partial charge in [0.05, 0.1) is 6.42 Å². The van der Waals surface area contributed by atoms with Crippen LogP contribution in [0, 0.1) is 0 Å². The van der Waals surface area contributed by atoms with E-state index < -0.39 is 34.4 Å². The van der Waals surface area contributed by atoms with E-state index in [1.54, 1.807) is 29.0 Å². The number of sulfonamides is 1. The average Bonchev–Trinajstić information content (AvgIpc) is 2.36. The predicted octanol–water partition coefficient (Wildman–Crippen LogP) is 1.16. The number of rotatable bonds is 7. The van der Waals surface area contributed by atoms with E-state index in [1.165, 1.54) is 6.08 Å². The van der Waals surface area contributed by atoms with Crippen LogP contribution in [-0.2, 0) is 19.6 Å². The minimum atomic E-state index is -4.09. The first-order chi connectivity index (χ1) is 9.69. The minimum Gasteiger partial charge on any atom is -0.481 e. The van der Waals surface area contributed by atoms with E-state index in [0.29, 0.717) is 10.6 Å². The van der Waals surface area contributed by atoms with Gasteiger partial charge in [-0.15, -0.1) is 0 Å². The maximum absolute atomic E-state index is 11.7. The van der Waals surface area contributed by atoms with Crippen molar-refractivity contribution in [1.82, 2.24) is 4.72 Å². The zero-order chi connectivity index (χ0) is 16.0. The van der Waals surface area contributed by atoms with Gasteiger partial charge in [0.25, 0.3) is 0 Å². The molecule has 21 heavy (non-hydrogen) atoms. The molecule has 0 saturated heterocycles. The molecule has 1 aromatic carbocycles. The average molecular weight is 334 g/mol. The molecular weight excluding hydrogens is 322 g/mol. The van der Waals surface area contributed by atoms with E-state index in [1.807, 2.05) is 0 Å². The molecule has 1 atom stereocenters. The van der Waals surface area contributed by atoms with Gasteiger partial charge in [0, 0.05) is 10.4 Å². The van der Waals surface area contributed by atoms with Gasteiger partial charge in [-0.25, -0.2) is 8.42 Å². The van der Waals surface area contributed by atoms with Gasteiger partial charge in [0.1, 0.15) is 6.04 Å². The van der Waals surface area contributed by atoms with Gasteiger partial charge in [0.2, 0.25) is 10.0 Å². The largest absolute Gasteiger partial charge is 0.481 e. The van der Waals surface area contributed by atoms with Crippen LogP contribution in [0.4, 0.5) is 0 Å². The molecule has 9 heteroatoms. The highest BCUT2D eigenvalue weighted by Crippen LogP contribution is 2.11. The van der Waals surface area contributed by atoms with E-state index in [2.05, 4.69) is 0 Å². The summed E-state index contributed by atoms with van der Waals surface area (Å²) in [4.78, 5) is 21.3. The van der Waals surface area contributed by atoms with Gasteiger partial charge in [-0.1, -0.05) is 23.7 Å². The van der Waals surface area contributed by atoms with E-state index >= 15 is 0 Å². The highest BCUT2D eigenvalue weighted by molar-refractivity contribution is 7.92. The molecule has 3 N–H and O–H groups in total. The topological polar surface area (TPSA) is 121 Å². The van der Waals surface area contributed by atoms with E-state index in [-0.39, 0.29) is 0 Å². The van der Waals surface area contributed by atoms with Crippen LogP contribution in [-0.4, -0.2) is 36.6 Å². The number of carboxylic acids is 2. The lowest BCUT2D eigenvalue weighted by Gasteiger charge is -2.10. The summed E-state index contributed by atoms with van der Waals surface area (Å²) < 4.78 is 25.2. The lowest BCUT2D eigenvalue weighted by atomic mass is 10.2. The third-order valence-electron chi connectivity index (χ3n) is 2.29. The van der Waals surface area contributed by atoms with E-state index in [0.717, 1.165) is 5.41 Å². The summed E-state index contributed by atoms with van der Waals surface area (Å²) in [7, 11) is -4.09. The monoisotopic (exact) mass is 333 g/mol. The number of carbonyl (C=O) groups is 2. The van der Waals surface area contributed by atoms with Crippen LogP contribution in [0.15, 0.2) is 29.7 Å². The standard InChI is InChI=1S/C12H12ClNO6S/c13-9-3-1-8(2-4-9)5-6-21(19,20)14-10(12(17)18)7-11(15)16/h1-6,10,14H,7H2,(H,15,16)(H,17,18)/b6-5+/t10-/m0/s1. The number of nitrogens with one attached hydrogen (secondary N) is 1. The summed E-state index contributed by atoms with van der Waals surface area (Å²) >= 11 is 5.68. The zero-order valence-corrected chi connectivity index (χ0v) is 12.1. The Bertz CT molecular complexity index is 653. The van der Waals surface area contributed by atoms with Crippen LogP contribution in [0.1, 0.15) is 12.0 Å². The number of hydrogen-bond donors (Lipinski definition) is 3. The molecule has 0 aliphatic rings. The van der Waals surface area contributed by atoms with Gasteiger partial charge >= 0.3 is 11.9 Å². The fourth-order valence-corrected chi connectivity index (χ4v) is 2.46. The Labute approximate surface area is 125 Å². The molecule has 0 heterocycles. The molecule has 0 saturated carbocycles. The number of hydrogen-bond acceptors (Lipinski definition) is 4. The second kappa shape index (κ2) is 7.21. The van der Waals surface area contributed by atoms with Crippen LogP contribution in [0.3, 0.4) is 0 Å². The summed E-state index contributed by atoms with van der Waals surface area (Å²) in [5.41, 5.74) is 0.537. The predicted molar refractivity (Wildman–Crippen MR) is 76.2 cm³/mol. The van der Waals surface area contributed by atoms with Crippen molar-refractivity contribution >= 4 is 39.6 Å². The molecular formula is C12H12ClNO6S. The molecule has 0 amide bonds. The molecule has 0 aliphatic carbocycles. The molecule has 1 rings (SSSR count). The number of carboxylic acid groups (broad SMARTS) is 2. The summed E-state index contributed by atoms with van der Waals surface area (Å²) in [6, 6.07) is 4.53. The SMILES string of the molecule is O=C(O)C[C@H](NS(=O)(=O)/C=C/c1ccc(Cl)cc1)C(=O)O. The smallest absolute Gasteiger partial charge is 0.322 e. The lowest BCUT2D eigenvalue weighted by Crippen LogP contribution is -2.41. The third-order valence-corrected chi connectivity index (χ3v) is 3.65. The first-order valence-corrected chi connectivity index (χ1v) is 7.52. The first-order valence-electron chi connectivity index (χ1n) is 5.60. The van der Waals surface area contributed by atoms with Crippen LogP contribution in [0.25, 0.3) is 6.08 Å². The molecule has 0 radical (unpaired) electrons. The van der Waals surface area contributed by atoms with Crippen LogP contribution in [0.5, 0.6) is 0 Å². The second-order valence-corrected chi connectivity index (χ2v) is 6.04. The Morgan fingerprint density at radius 1 is 1.24 bits per heavy atom. The van der Waals surface area contributed by atoms with Gasteiger partial charge in [0.15, 0.2) is 0 Å². The molecule has 0 aliphatic heterocycles. The van der Waals surface area contributed by atoms with Crippen molar-refractivity contribution in [3.63, 3.8) is 0 Å². The highest BCUT2D eigenvalue weighted by atomic mass is 35.5. The molecule has 1 aromatic rings. The van der Waals surface area contributed by atoms with Gasteiger partial charge in [-0.05, 0) is 23.8 Å². The number of aliphatic carboxylic acids is 2. The van der Waals surface area contributed by atoms with Gasteiger partial charge < -0.3 is 10.2 Å². The fourth-order valence-electron chi connectivity index (χ4n) is 1.33. The molecule has 0 unspecified atom stereocenters. The van der Waals surface area contributed by atoms with Gasteiger partial charge in [-0.2, -0.15) is 4.72 Å². The zero-order valence-electron chi connectivity index (χ0n) is 10.6.